The zero-order valence-electron chi connectivity index (χ0n) is 12.5. The van der Waals surface area contributed by atoms with Gasteiger partial charge in [0.1, 0.15) is 24.3 Å². The van der Waals surface area contributed by atoms with E-state index >= 15 is 0 Å². The van der Waals surface area contributed by atoms with Gasteiger partial charge in [-0.2, -0.15) is 0 Å². The molecule has 7 heteroatoms. The molecule has 0 saturated heterocycles. The molecular weight excluding hydrogens is 310 g/mol. The van der Waals surface area contributed by atoms with E-state index in [4.69, 9.17) is 9.84 Å². The van der Waals surface area contributed by atoms with Gasteiger partial charge in [0.15, 0.2) is 0 Å². The van der Waals surface area contributed by atoms with E-state index < -0.39 is 5.97 Å². The molecule has 2 aromatic carbocycles. The molecule has 1 N–H and O–H groups in total. The van der Waals surface area contributed by atoms with Crippen LogP contribution in [0.3, 0.4) is 0 Å². The summed E-state index contributed by atoms with van der Waals surface area (Å²) in [4.78, 5) is 21.4. The van der Waals surface area contributed by atoms with Gasteiger partial charge in [0.25, 0.3) is 0 Å². The second kappa shape index (κ2) is 6.74. The summed E-state index contributed by atoms with van der Waals surface area (Å²) in [7, 11) is 0. The number of carbonyl (C=O) groups excluding carboxylic acids is 1. The maximum absolute atomic E-state index is 10.8. The first-order valence-corrected chi connectivity index (χ1v) is 7.09. The third-order valence-corrected chi connectivity index (χ3v) is 3.32. The molecule has 24 heavy (non-hydrogen) atoms. The van der Waals surface area contributed by atoms with E-state index in [1.807, 2.05) is 0 Å². The summed E-state index contributed by atoms with van der Waals surface area (Å²) in [5.74, 6) is -0.351. The molecule has 120 valence electrons. The number of aromatic nitrogens is 3. The lowest BCUT2D eigenvalue weighted by atomic mass is 10.2. The number of carbonyl (C=O) groups is 2. The summed E-state index contributed by atoms with van der Waals surface area (Å²) in [5, 5.41) is 16.9. The first kappa shape index (κ1) is 15.4. The lowest BCUT2D eigenvalue weighted by Crippen LogP contribution is -1.99. The highest BCUT2D eigenvalue weighted by Crippen LogP contribution is 2.14. The van der Waals surface area contributed by atoms with E-state index in [0.717, 1.165) is 6.29 Å². The Morgan fingerprint density at radius 3 is 2.46 bits per heavy atom. The quantitative estimate of drug-likeness (QED) is 0.700. The Hall–Kier alpha value is -3.48. The topological polar surface area (TPSA) is 94.3 Å². The van der Waals surface area contributed by atoms with Crippen LogP contribution in [0.4, 0.5) is 0 Å². The number of carboxylic acid groups (broad SMARTS) is 1. The van der Waals surface area contributed by atoms with Crippen LogP contribution in [-0.4, -0.2) is 32.4 Å². The zero-order valence-corrected chi connectivity index (χ0v) is 12.5. The van der Waals surface area contributed by atoms with E-state index in [0.29, 0.717) is 22.7 Å². The molecule has 1 aromatic heterocycles. The van der Waals surface area contributed by atoms with Gasteiger partial charge in [-0.15, -0.1) is 5.10 Å². The van der Waals surface area contributed by atoms with E-state index in [1.54, 1.807) is 47.3 Å². The molecule has 3 rings (SSSR count). The standard InChI is InChI=1S/C17H13N3O4/c21-10-12-1-7-16(8-2-12)24-11-14-9-20(19-18-14)15-5-3-13(4-6-15)17(22)23/h1-10H,11H2,(H,22,23). The maximum Gasteiger partial charge on any atom is 0.335 e. The molecule has 0 radical (unpaired) electrons. The molecule has 1 heterocycles. The number of hydrogen-bond acceptors (Lipinski definition) is 5. The minimum atomic E-state index is -0.977. The molecule has 0 fully saturated rings. The summed E-state index contributed by atoms with van der Waals surface area (Å²) in [6.07, 6.45) is 2.47. The van der Waals surface area contributed by atoms with Crippen molar-refractivity contribution in [2.45, 2.75) is 6.61 Å². The van der Waals surface area contributed by atoms with Gasteiger partial charge in [-0.25, -0.2) is 9.48 Å². The lowest BCUT2D eigenvalue weighted by Gasteiger charge is -2.03. The fraction of sp³-hybridized carbons (Fsp3) is 0.0588. The van der Waals surface area contributed by atoms with Crippen molar-refractivity contribution >= 4 is 12.3 Å². The molecule has 0 saturated carbocycles. The van der Waals surface area contributed by atoms with Crippen LogP contribution in [0.5, 0.6) is 5.75 Å². The minimum absolute atomic E-state index is 0.209. The summed E-state index contributed by atoms with van der Waals surface area (Å²) in [6.45, 7) is 0.230. The number of ether oxygens (including phenoxy) is 1. The molecule has 0 amide bonds. The number of nitrogens with zero attached hydrogens (tertiary/aromatic N) is 3. The Labute approximate surface area is 137 Å². The smallest absolute Gasteiger partial charge is 0.335 e. The largest absolute Gasteiger partial charge is 0.487 e. The number of carboxylic acids is 1. The van der Waals surface area contributed by atoms with Crippen molar-refractivity contribution in [1.29, 1.82) is 0 Å². The fourth-order valence-corrected chi connectivity index (χ4v) is 2.05. The highest BCUT2D eigenvalue weighted by Gasteiger charge is 2.06. The minimum Gasteiger partial charge on any atom is -0.487 e. The Balaban J connectivity index is 1.66. The van der Waals surface area contributed by atoms with Crippen LogP contribution in [0.2, 0.25) is 0 Å². The van der Waals surface area contributed by atoms with Gasteiger partial charge < -0.3 is 9.84 Å². The molecule has 0 unspecified atom stereocenters. The molecule has 0 aliphatic carbocycles. The number of aromatic carboxylic acids is 1. The fourth-order valence-electron chi connectivity index (χ4n) is 2.05. The van der Waals surface area contributed by atoms with Crippen molar-refractivity contribution in [3.63, 3.8) is 0 Å². The van der Waals surface area contributed by atoms with Crippen molar-refractivity contribution in [3.05, 3.63) is 71.5 Å². The SMILES string of the molecule is O=Cc1ccc(OCc2cn(-c3ccc(C(=O)O)cc3)nn2)cc1. The molecule has 0 aliphatic rings. The van der Waals surface area contributed by atoms with Gasteiger partial charge in [-0.05, 0) is 48.5 Å². The predicted octanol–water partition coefficient (Wildman–Crippen LogP) is 2.36. The van der Waals surface area contributed by atoms with Crippen LogP contribution in [0, 0.1) is 0 Å². The highest BCUT2D eigenvalue weighted by atomic mass is 16.5. The Morgan fingerprint density at radius 2 is 1.83 bits per heavy atom. The van der Waals surface area contributed by atoms with Crippen LogP contribution in [0.15, 0.2) is 54.7 Å². The van der Waals surface area contributed by atoms with Gasteiger partial charge in [0, 0.05) is 5.56 Å². The molecule has 3 aromatic rings. The Morgan fingerprint density at radius 1 is 1.12 bits per heavy atom. The van der Waals surface area contributed by atoms with Gasteiger partial charge >= 0.3 is 5.97 Å². The molecular formula is C17H13N3O4. The van der Waals surface area contributed by atoms with Crippen LogP contribution < -0.4 is 4.74 Å². The average molecular weight is 323 g/mol. The predicted molar refractivity (Wildman–Crippen MR) is 84.5 cm³/mol. The van der Waals surface area contributed by atoms with Crippen LogP contribution >= 0.6 is 0 Å². The third kappa shape index (κ3) is 3.46. The number of hydrogen-bond donors (Lipinski definition) is 1. The van der Waals surface area contributed by atoms with Crippen LogP contribution in [0.25, 0.3) is 5.69 Å². The third-order valence-electron chi connectivity index (χ3n) is 3.32. The van der Waals surface area contributed by atoms with Gasteiger partial charge in [-0.3, -0.25) is 4.79 Å². The Bertz CT molecular complexity index is 854. The molecule has 0 aliphatic heterocycles. The van der Waals surface area contributed by atoms with E-state index in [1.165, 1.54) is 12.1 Å². The highest BCUT2D eigenvalue weighted by molar-refractivity contribution is 5.87. The zero-order chi connectivity index (χ0) is 16.9. The summed E-state index contributed by atoms with van der Waals surface area (Å²) in [6, 6.07) is 13.1. The number of rotatable bonds is 6. The van der Waals surface area contributed by atoms with Crippen LogP contribution in [-0.2, 0) is 6.61 Å². The second-order valence-corrected chi connectivity index (χ2v) is 4.98. The summed E-state index contributed by atoms with van der Waals surface area (Å²) in [5.41, 5.74) is 2.12. The maximum atomic E-state index is 10.8. The average Bonchev–Trinajstić information content (AvgIpc) is 3.09. The molecule has 7 nitrogen and oxygen atoms in total. The van der Waals surface area contributed by atoms with Crippen molar-refractivity contribution in [2.24, 2.45) is 0 Å². The van der Waals surface area contributed by atoms with Crippen LogP contribution in [0.1, 0.15) is 26.4 Å². The summed E-state index contributed by atoms with van der Waals surface area (Å²) < 4.78 is 7.12. The first-order valence-electron chi connectivity index (χ1n) is 7.09. The van der Waals surface area contributed by atoms with Gasteiger partial charge in [0.2, 0.25) is 0 Å². The molecule has 0 atom stereocenters. The van der Waals surface area contributed by atoms with Gasteiger partial charge in [0.05, 0.1) is 17.4 Å². The summed E-state index contributed by atoms with van der Waals surface area (Å²) >= 11 is 0. The molecule has 0 spiro atoms. The van der Waals surface area contributed by atoms with Crippen molar-refractivity contribution in [2.75, 3.05) is 0 Å². The second-order valence-electron chi connectivity index (χ2n) is 4.98. The van der Waals surface area contributed by atoms with Crippen molar-refractivity contribution < 1.29 is 19.4 Å². The normalized spacial score (nSPS) is 10.3. The monoisotopic (exact) mass is 323 g/mol. The van der Waals surface area contributed by atoms with E-state index in [2.05, 4.69) is 10.3 Å². The molecule has 0 bridgehead atoms. The van der Waals surface area contributed by atoms with Gasteiger partial charge in [-0.1, -0.05) is 5.21 Å². The van der Waals surface area contributed by atoms with E-state index in [-0.39, 0.29) is 12.2 Å². The van der Waals surface area contributed by atoms with E-state index in [9.17, 15) is 9.59 Å². The number of benzene rings is 2. The number of aldehydes is 1. The Kier molecular flexibility index (Phi) is 4.33. The van der Waals surface area contributed by atoms with Crippen molar-refractivity contribution in [3.8, 4) is 11.4 Å². The van der Waals surface area contributed by atoms with Crippen molar-refractivity contribution in [1.82, 2.24) is 15.0 Å². The lowest BCUT2D eigenvalue weighted by molar-refractivity contribution is 0.0696. The first-order chi connectivity index (χ1) is 11.7.